The summed E-state index contributed by atoms with van der Waals surface area (Å²) in [4.78, 5) is 12.4. The van der Waals surface area contributed by atoms with Gasteiger partial charge in [0.1, 0.15) is 23.7 Å². The highest BCUT2D eigenvalue weighted by Crippen LogP contribution is 2.68. The molecule has 3 aliphatic carbocycles. The van der Waals surface area contributed by atoms with E-state index in [9.17, 15) is 4.79 Å². The van der Waals surface area contributed by atoms with Gasteiger partial charge in [0.15, 0.2) is 16.6 Å². The molecule has 8 heteroatoms. The van der Waals surface area contributed by atoms with Gasteiger partial charge in [0.05, 0.1) is 0 Å². The minimum atomic E-state index is -2.10. The topological polar surface area (TPSA) is 44.8 Å². The number of hydrogen-bond donors (Lipinski definition) is 0. The molecule has 0 unspecified atom stereocenters. The number of benzene rings is 1. The molecule has 4 rings (SSSR count). The predicted molar refractivity (Wildman–Crippen MR) is 222 cm³/mol. The van der Waals surface area contributed by atoms with E-state index in [0.717, 1.165) is 44.1 Å². The number of halogens is 1. The number of rotatable bonds is 9. The van der Waals surface area contributed by atoms with Gasteiger partial charge in [-0.15, -0.1) is 0 Å². The SMILES string of the molecule is CC(C)(C)[Si](C)(C)Oc1ccc2c(c1)CC[C@@H]1[C@@H]2CC[C@@]2(C)[C@H]1C[C@@H](CC=O)[C@]2(C#C[C@H](CC#CI)O[Si](C)(C)C(C)(C)C)O[Si](C)(C)C. The quantitative estimate of drug-likeness (QED) is 0.108. The number of fused-ring (bicyclic) bond motifs is 5. The summed E-state index contributed by atoms with van der Waals surface area (Å²) >= 11 is 2.11. The molecule has 2 fully saturated rings. The van der Waals surface area contributed by atoms with E-state index in [1.807, 2.05) is 0 Å². The van der Waals surface area contributed by atoms with E-state index in [1.165, 1.54) is 11.1 Å². The van der Waals surface area contributed by atoms with Gasteiger partial charge in [-0.2, -0.15) is 0 Å². The van der Waals surface area contributed by atoms with Crippen LogP contribution in [0.1, 0.15) is 104 Å². The fourth-order valence-corrected chi connectivity index (χ4v) is 12.4. The average Bonchev–Trinajstić information content (AvgIpc) is 3.19. The lowest BCUT2D eigenvalue weighted by atomic mass is 9.53. The summed E-state index contributed by atoms with van der Waals surface area (Å²) in [6.45, 7) is 32.3. The Balaban J connectivity index is 1.76. The average molecular weight is 833 g/mol. The summed E-state index contributed by atoms with van der Waals surface area (Å²) in [5, 5.41) is 0.227. The third kappa shape index (κ3) is 8.36. The minimum absolute atomic E-state index is 0.0592. The first-order chi connectivity index (χ1) is 22.4. The van der Waals surface area contributed by atoms with Crippen LogP contribution in [0.25, 0.3) is 0 Å². The van der Waals surface area contributed by atoms with E-state index >= 15 is 0 Å². The third-order valence-corrected chi connectivity index (χ3v) is 23.3. The number of aldehydes is 1. The fraction of sp³-hybridized carbons (Fsp3) is 0.732. The van der Waals surface area contributed by atoms with Gasteiger partial charge < -0.3 is 18.1 Å². The maximum absolute atomic E-state index is 12.4. The number of carbonyl (C=O) groups excluding carboxylic acids is 1. The number of hydrogen-bond acceptors (Lipinski definition) is 4. The van der Waals surface area contributed by atoms with Crippen LogP contribution in [0.3, 0.4) is 0 Å². The van der Waals surface area contributed by atoms with Gasteiger partial charge in [0.25, 0.3) is 0 Å². The largest absolute Gasteiger partial charge is 0.543 e. The molecule has 0 N–H and O–H groups in total. The van der Waals surface area contributed by atoms with Crippen LogP contribution in [-0.2, 0) is 20.1 Å². The Hall–Kier alpha value is -0.889. The summed E-state index contributed by atoms with van der Waals surface area (Å²) in [5.74, 6) is 13.4. The standard InChI is InChI=1S/C41H65IO4Si3/c1-38(2,3)48(11,12)44-32(16-15-26-42)21-25-41(46-47(8,9)10)31(23-27-43)29-37-36-19-17-30-28-33(45-49(13,14)39(4,5)6)18-20-34(30)35(36)22-24-40(37,41)7/h18,20,27-28,31-32,35-37H,16-17,19,22-24,29H2,1-14H3/t31-,32+,35-,36-,37+,40+,41+/m1/s1. The van der Waals surface area contributed by atoms with Crippen molar-refractivity contribution in [1.82, 2.24) is 0 Å². The molecule has 1 aromatic rings. The maximum Gasteiger partial charge on any atom is 0.250 e. The number of carbonyl (C=O) groups is 1. The lowest BCUT2D eigenvalue weighted by Gasteiger charge is -2.55. The van der Waals surface area contributed by atoms with Crippen LogP contribution in [0.2, 0.25) is 55.9 Å². The van der Waals surface area contributed by atoms with Crippen molar-refractivity contribution in [2.75, 3.05) is 0 Å². The van der Waals surface area contributed by atoms with Crippen LogP contribution < -0.4 is 4.43 Å². The zero-order valence-electron chi connectivity index (χ0n) is 33.2. The molecule has 0 saturated heterocycles. The molecule has 0 spiro atoms. The van der Waals surface area contributed by atoms with Crippen molar-refractivity contribution in [3.05, 3.63) is 29.3 Å². The van der Waals surface area contributed by atoms with Crippen molar-refractivity contribution in [3.8, 4) is 27.4 Å². The highest BCUT2D eigenvalue weighted by Gasteiger charge is 2.67. The molecule has 3 aliphatic rings. The normalized spacial score (nSPS) is 29.3. The highest BCUT2D eigenvalue weighted by atomic mass is 127. The molecule has 0 amide bonds. The molecule has 272 valence electrons. The lowest BCUT2D eigenvalue weighted by molar-refractivity contribution is -0.111. The van der Waals surface area contributed by atoms with Crippen molar-refractivity contribution < 1.29 is 18.1 Å². The van der Waals surface area contributed by atoms with E-state index in [-0.39, 0.29) is 27.5 Å². The molecule has 4 nitrogen and oxygen atoms in total. The van der Waals surface area contributed by atoms with Crippen LogP contribution in [0.4, 0.5) is 0 Å². The molecule has 0 aromatic heterocycles. The summed E-state index contributed by atoms with van der Waals surface area (Å²) < 4.78 is 24.2. The molecule has 49 heavy (non-hydrogen) atoms. The Labute approximate surface area is 316 Å². The van der Waals surface area contributed by atoms with Crippen molar-refractivity contribution in [3.63, 3.8) is 0 Å². The zero-order valence-corrected chi connectivity index (χ0v) is 38.3. The van der Waals surface area contributed by atoms with Crippen molar-refractivity contribution in [1.29, 1.82) is 0 Å². The second-order valence-electron chi connectivity index (χ2n) is 19.5. The Bertz CT molecular complexity index is 1500. The van der Waals surface area contributed by atoms with Gasteiger partial charge in [-0.1, -0.05) is 72.3 Å². The monoisotopic (exact) mass is 832 g/mol. The van der Waals surface area contributed by atoms with Gasteiger partial charge >= 0.3 is 0 Å². The van der Waals surface area contributed by atoms with Gasteiger partial charge in [-0.05, 0) is 133 Å². The minimum Gasteiger partial charge on any atom is -0.543 e. The summed E-state index contributed by atoms with van der Waals surface area (Å²) in [6, 6.07) is 6.98. The first-order valence-electron chi connectivity index (χ1n) is 18.7. The zero-order chi connectivity index (χ0) is 36.8. The number of aryl methyl sites for hydroxylation is 1. The van der Waals surface area contributed by atoms with Gasteiger partial charge in [0, 0.05) is 46.8 Å². The molecule has 1 aromatic carbocycles. The Morgan fingerprint density at radius 3 is 2.22 bits per heavy atom. The van der Waals surface area contributed by atoms with Crippen molar-refractivity contribution in [2.45, 2.75) is 167 Å². The summed E-state index contributed by atoms with van der Waals surface area (Å²) in [5.41, 5.74) is 2.13. The Kier molecular flexibility index (Phi) is 12.1. The van der Waals surface area contributed by atoms with Gasteiger partial charge in [0.2, 0.25) is 8.32 Å². The van der Waals surface area contributed by atoms with Crippen LogP contribution in [0.5, 0.6) is 5.75 Å². The molecular formula is C41H65IO4Si3. The van der Waals surface area contributed by atoms with Gasteiger partial charge in [-0.25, -0.2) is 0 Å². The highest BCUT2D eigenvalue weighted by molar-refractivity contribution is 14.1. The Morgan fingerprint density at radius 1 is 1.00 bits per heavy atom. The Morgan fingerprint density at radius 2 is 1.65 bits per heavy atom. The van der Waals surface area contributed by atoms with Gasteiger partial charge in [-0.3, -0.25) is 0 Å². The lowest BCUT2D eigenvalue weighted by Crippen LogP contribution is -2.57. The van der Waals surface area contributed by atoms with E-state index < -0.39 is 30.6 Å². The third-order valence-electron chi connectivity index (χ3n) is 13.1. The van der Waals surface area contributed by atoms with E-state index in [2.05, 4.69) is 157 Å². The fourth-order valence-electron chi connectivity index (χ4n) is 8.53. The van der Waals surface area contributed by atoms with E-state index in [1.54, 1.807) is 0 Å². The summed E-state index contributed by atoms with van der Waals surface area (Å²) in [7, 11) is -6.12. The van der Waals surface area contributed by atoms with Crippen LogP contribution in [-0.4, -0.2) is 42.9 Å². The molecule has 0 aliphatic heterocycles. The second-order valence-corrected chi connectivity index (χ2v) is 33.9. The molecule has 0 bridgehead atoms. The predicted octanol–water partition coefficient (Wildman–Crippen LogP) is 11.5. The smallest absolute Gasteiger partial charge is 0.250 e. The second kappa shape index (κ2) is 14.5. The first-order valence-corrected chi connectivity index (χ1v) is 29.0. The van der Waals surface area contributed by atoms with Crippen LogP contribution in [0, 0.1) is 44.9 Å². The molecule has 0 radical (unpaired) electrons. The summed E-state index contributed by atoms with van der Waals surface area (Å²) in [6.07, 6.45) is 7.26. The van der Waals surface area contributed by atoms with E-state index in [4.69, 9.17) is 13.3 Å². The molecule has 7 atom stereocenters. The van der Waals surface area contributed by atoms with E-state index in [0.29, 0.717) is 30.6 Å². The molecular weight excluding hydrogens is 768 g/mol. The maximum atomic E-state index is 12.4. The molecule has 2 saturated carbocycles. The van der Waals surface area contributed by atoms with Crippen molar-refractivity contribution in [2.24, 2.45) is 23.2 Å². The van der Waals surface area contributed by atoms with Crippen LogP contribution in [0.15, 0.2) is 18.2 Å². The van der Waals surface area contributed by atoms with Crippen molar-refractivity contribution >= 4 is 53.8 Å². The molecule has 0 heterocycles. The van der Waals surface area contributed by atoms with Crippen LogP contribution >= 0.6 is 22.6 Å². The first kappa shape index (κ1) is 40.9.